The number of benzene rings is 4. The third kappa shape index (κ3) is 11.5. The minimum Gasteiger partial charge on any atom is -0.277 e. The van der Waals surface area contributed by atoms with Crippen molar-refractivity contribution in [1.82, 2.24) is 35.6 Å². The van der Waals surface area contributed by atoms with Gasteiger partial charge in [-0.15, -0.1) is 0 Å². The fourth-order valence-electron chi connectivity index (χ4n) is 5.80. The maximum Gasteiger partial charge on any atom is 0.118 e. The number of H-pyrrole nitrogens is 3. The van der Waals surface area contributed by atoms with Crippen LogP contribution in [0.2, 0.25) is 0 Å². The molecule has 8 aromatic rings. The zero-order valence-corrected chi connectivity index (χ0v) is 35.0. The molecule has 7 nitrogen and oxygen atoms in total. The fraction of sp³-hybridized carbons (Fsp3) is 0.292. The minimum atomic E-state index is 0.0201. The van der Waals surface area contributed by atoms with Gasteiger partial charge in [0.15, 0.2) is 0 Å². The molecule has 0 spiro atoms. The van der Waals surface area contributed by atoms with Crippen molar-refractivity contribution in [3.05, 3.63) is 132 Å². The average molecular weight is 768 g/mol. The lowest BCUT2D eigenvalue weighted by Crippen LogP contribution is -2.10. The first-order chi connectivity index (χ1) is 27.2. The minimum absolute atomic E-state index is 0.0201. The van der Waals surface area contributed by atoms with Crippen molar-refractivity contribution >= 4 is 32.8 Å². The van der Waals surface area contributed by atoms with E-state index in [1.54, 1.807) is 6.20 Å². The fourth-order valence-corrected chi connectivity index (χ4v) is 5.80. The van der Waals surface area contributed by atoms with E-state index >= 15 is 0 Å². The Balaban J connectivity index is 0.000000183. The Bertz CT molecular complexity index is 2380. The molecule has 0 aliphatic carbocycles. The summed E-state index contributed by atoms with van der Waals surface area (Å²) in [6.07, 6.45) is 1.80. The van der Waals surface area contributed by atoms with Gasteiger partial charge >= 0.3 is 0 Å². The zero-order chi connectivity index (χ0) is 41.8. The molecule has 8 rings (SSSR count). The average Bonchev–Trinajstić information content (AvgIpc) is 3.96. The van der Waals surface area contributed by atoms with E-state index in [0.717, 1.165) is 55.7 Å². The Morgan fingerprint density at radius 3 is 1.56 bits per heavy atom. The van der Waals surface area contributed by atoms with Gasteiger partial charge in [0, 0.05) is 33.5 Å². The maximum absolute atomic E-state index is 9.50. The highest BCUT2D eigenvalue weighted by molar-refractivity contribution is 5.93. The highest BCUT2D eigenvalue weighted by Gasteiger charge is 2.16. The normalized spacial score (nSPS) is 11.1. The summed E-state index contributed by atoms with van der Waals surface area (Å²) in [7, 11) is 1.00. The van der Waals surface area contributed by atoms with Crippen LogP contribution in [0.3, 0.4) is 0 Å². The van der Waals surface area contributed by atoms with E-state index in [1.165, 1.54) is 16.5 Å². The van der Waals surface area contributed by atoms with E-state index in [1.807, 2.05) is 48.5 Å². The van der Waals surface area contributed by atoms with Crippen LogP contribution in [0.5, 0.6) is 0 Å². The van der Waals surface area contributed by atoms with Crippen LogP contribution in [0.4, 0.5) is 8.78 Å². The topological polar surface area (TPSA) is 98.9 Å². The number of aromatic nitrogens is 7. The van der Waals surface area contributed by atoms with Crippen molar-refractivity contribution in [2.24, 2.45) is 5.41 Å². The van der Waals surface area contributed by atoms with E-state index in [-0.39, 0.29) is 16.2 Å². The lowest BCUT2D eigenvalue weighted by atomic mass is 9.86. The van der Waals surface area contributed by atoms with Gasteiger partial charge in [-0.05, 0) is 79.0 Å². The van der Waals surface area contributed by atoms with Crippen LogP contribution >= 0.6 is 0 Å². The number of halogens is 2. The summed E-state index contributed by atoms with van der Waals surface area (Å²) in [5.41, 5.74) is 12.1. The molecule has 0 radical (unpaired) electrons. The molecule has 0 aliphatic heterocycles. The lowest BCUT2D eigenvalue weighted by Gasteiger charge is -2.18. The van der Waals surface area contributed by atoms with Gasteiger partial charge < -0.3 is 0 Å². The molecule has 0 saturated heterocycles. The van der Waals surface area contributed by atoms with Gasteiger partial charge in [0.2, 0.25) is 0 Å². The summed E-state index contributed by atoms with van der Waals surface area (Å²) in [6, 6.07) is 37.4. The first kappa shape index (κ1) is 43.6. The van der Waals surface area contributed by atoms with Crippen molar-refractivity contribution in [3.63, 3.8) is 0 Å². The molecule has 4 aromatic heterocycles. The second-order valence-electron chi connectivity index (χ2n) is 16.4. The predicted octanol–water partition coefficient (Wildman–Crippen LogP) is 12.6. The summed E-state index contributed by atoms with van der Waals surface area (Å²) in [5.74, 6) is 6.33. The monoisotopic (exact) mass is 767 g/mol. The highest BCUT2D eigenvalue weighted by atomic mass is 19.1. The summed E-state index contributed by atoms with van der Waals surface area (Å²) in [5, 5.41) is 24.3. The Hall–Kier alpha value is -6.14. The van der Waals surface area contributed by atoms with Crippen LogP contribution in [-0.4, -0.2) is 49.9 Å². The SMILES string of the molecule is CC(C)(C)C#Cc1[nH]nc2ccccc12.CC(C)(C)c1ccc(-c2n[nH]c3ccccc23)cc1.CC(C)(C)c1ccc(-c2n[nH]c3cccnc23)cc1.CF.CF. The zero-order valence-electron chi connectivity index (χ0n) is 35.0. The molecule has 9 heteroatoms. The van der Waals surface area contributed by atoms with Crippen LogP contribution in [-0.2, 0) is 10.8 Å². The molecule has 0 aliphatic rings. The lowest BCUT2D eigenvalue weighted by molar-refractivity contribution is 0.571. The van der Waals surface area contributed by atoms with Gasteiger partial charge in [-0.25, -0.2) is 0 Å². The third-order valence-corrected chi connectivity index (χ3v) is 8.86. The Morgan fingerprint density at radius 1 is 0.491 bits per heavy atom. The molecular weight excluding hydrogens is 713 g/mol. The number of nitrogens with one attached hydrogen (secondary N) is 3. The van der Waals surface area contributed by atoms with Crippen LogP contribution in [0.25, 0.3) is 55.4 Å². The van der Waals surface area contributed by atoms with E-state index in [9.17, 15) is 8.78 Å². The molecule has 296 valence electrons. The third-order valence-electron chi connectivity index (χ3n) is 8.86. The smallest absolute Gasteiger partial charge is 0.118 e. The molecule has 0 fully saturated rings. The summed E-state index contributed by atoms with van der Waals surface area (Å²) in [6.45, 7) is 19.6. The van der Waals surface area contributed by atoms with E-state index in [2.05, 4.69) is 170 Å². The number of rotatable bonds is 2. The number of pyridine rings is 1. The Labute approximate surface area is 335 Å². The molecule has 4 heterocycles. The number of alkyl halides is 2. The van der Waals surface area contributed by atoms with Gasteiger partial charge in [0.05, 0.1) is 36.6 Å². The second-order valence-corrected chi connectivity index (χ2v) is 16.4. The van der Waals surface area contributed by atoms with Crippen molar-refractivity contribution in [2.45, 2.75) is 73.1 Å². The first-order valence-electron chi connectivity index (χ1n) is 18.8. The van der Waals surface area contributed by atoms with Crippen molar-refractivity contribution < 1.29 is 8.78 Å². The quantitative estimate of drug-likeness (QED) is 0.153. The van der Waals surface area contributed by atoms with E-state index in [4.69, 9.17) is 0 Å². The van der Waals surface area contributed by atoms with E-state index < -0.39 is 0 Å². The molecule has 0 bridgehead atoms. The maximum atomic E-state index is 9.50. The Morgan fingerprint density at radius 2 is 0.982 bits per heavy atom. The molecule has 3 N–H and O–H groups in total. The van der Waals surface area contributed by atoms with Gasteiger partial charge in [-0.1, -0.05) is 126 Å². The van der Waals surface area contributed by atoms with Crippen LogP contribution in [0.1, 0.15) is 79.1 Å². The van der Waals surface area contributed by atoms with Gasteiger partial charge in [-0.3, -0.25) is 29.1 Å². The van der Waals surface area contributed by atoms with Gasteiger partial charge in [0.25, 0.3) is 0 Å². The number of aromatic amines is 3. The van der Waals surface area contributed by atoms with Crippen molar-refractivity contribution in [3.8, 4) is 34.4 Å². The Kier molecular flexibility index (Phi) is 14.6. The van der Waals surface area contributed by atoms with Crippen LogP contribution in [0.15, 0.2) is 115 Å². The van der Waals surface area contributed by atoms with Crippen LogP contribution in [0, 0.1) is 17.3 Å². The molecule has 0 unspecified atom stereocenters. The number of nitrogens with zero attached hydrogens (tertiary/aromatic N) is 4. The van der Waals surface area contributed by atoms with Crippen molar-refractivity contribution in [1.29, 1.82) is 0 Å². The van der Waals surface area contributed by atoms with E-state index in [0.29, 0.717) is 14.4 Å². The second kappa shape index (κ2) is 19.1. The molecule has 4 aromatic carbocycles. The standard InChI is InChI=1S/C17H18N2.C16H17N3.C13H14N2.2CH3F/c1-17(2,3)13-10-8-12(9-11-13)16-14-6-4-5-7-15(14)18-19-16;1-16(2,3)12-8-6-11(7-9-12)14-15-13(18-19-14)5-4-10-17-15;1-13(2,3)9-8-12-10-6-4-5-7-11(10)14-15-12;2*1-2/h4-11H,1-3H3,(H,18,19);4-10H,1-3H3,(H,18,19);4-7H,1-3H3,(H,14,15);2*1H3. The molecular formula is C48H55F2N7. The predicted molar refractivity (Wildman–Crippen MR) is 235 cm³/mol. The number of para-hydroxylation sites is 2. The summed E-state index contributed by atoms with van der Waals surface area (Å²) >= 11 is 0. The molecule has 0 saturated carbocycles. The first-order valence-corrected chi connectivity index (χ1v) is 18.8. The van der Waals surface area contributed by atoms with Gasteiger partial charge in [0.1, 0.15) is 16.9 Å². The van der Waals surface area contributed by atoms with Crippen molar-refractivity contribution in [2.75, 3.05) is 14.4 Å². The number of hydrogen-bond donors (Lipinski definition) is 3. The largest absolute Gasteiger partial charge is 0.277 e. The summed E-state index contributed by atoms with van der Waals surface area (Å²) < 4.78 is 19.0. The number of fused-ring (bicyclic) bond motifs is 3. The molecule has 57 heavy (non-hydrogen) atoms. The molecule has 0 amide bonds. The van der Waals surface area contributed by atoms with Crippen LogP contribution < -0.4 is 0 Å². The van der Waals surface area contributed by atoms with Gasteiger partial charge in [-0.2, -0.15) is 15.3 Å². The molecule has 0 atom stereocenters. The highest BCUT2D eigenvalue weighted by Crippen LogP contribution is 2.30. The number of hydrogen-bond acceptors (Lipinski definition) is 4. The summed E-state index contributed by atoms with van der Waals surface area (Å²) in [4.78, 5) is 4.39.